The number of aromatic nitrogens is 1. The number of thiazole rings is 1. The van der Waals surface area contributed by atoms with E-state index in [1.807, 2.05) is 0 Å². The van der Waals surface area contributed by atoms with E-state index in [0.717, 1.165) is 11.3 Å². The van der Waals surface area contributed by atoms with E-state index in [9.17, 15) is 0 Å². The Kier molecular flexibility index (Phi) is 2.43. The first-order chi connectivity index (χ1) is 5.22. The molecule has 0 fully saturated rings. The molecular formula is C4H3BN2O3S. The molecule has 0 aliphatic carbocycles. The van der Waals surface area contributed by atoms with E-state index in [0.29, 0.717) is 0 Å². The van der Waals surface area contributed by atoms with Crippen LogP contribution in [0.2, 0.25) is 0 Å². The first-order valence-electron chi connectivity index (χ1n) is 2.61. The fourth-order valence-electron chi connectivity index (χ4n) is 0.472. The quantitative estimate of drug-likeness (QED) is 0.576. The molecule has 1 rings (SSSR count). The van der Waals surface area contributed by atoms with Gasteiger partial charge in [-0.2, -0.15) is 10.2 Å². The summed E-state index contributed by atoms with van der Waals surface area (Å²) in [6.45, 7) is 0. The van der Waals surface area contributed by atoms with Gasteiger partial charge in [0.25, 0.3) is 0 Å². The van der Waals surface area contributed by atoms with Gasteiger partial charge in [-0.25, -0.2) is 0 Å². The van der Waals surface area contributed by atoms with Gasteiger partial charge in [-0.1, -0.05) is 0 Å². The highest BCUT2D eigenvalue weighted by Gasteiger charge is 2.13. The zero-order valence-electron chi connectivity index (χ0n) is 5.26. The Morgan fingerprint density at radius 3 is 2.91 bits per heavy atom. The van der Waals surface area contributed by atoms with Crippen molar-refractivity contribution in [2.75, 3.05) is 0 Å². The van der Waals surface area contributed by atoms with E-state index >= 15 is 0 Å². The highest BCUT2D eigenvalue weighted by atomic mass is 32.1. The van der Waals surface area contributed by atoms with Gasteiger partial charge < -0.3 is 14.7 Å². The summed E-state index contributed by atoms with van der Waals surface area (Å²) in [4.78, 5) is 3.58. The van der Waals surface area contributed by atoms with Crippen LogP contribution in [-0.4, -0.2) is 22.4 Å². The minimum Gasteiger partial charge on any atom is -0.497 e. The van der Waals surface area contributed by atoms with Crippen LogP contribution in [0, 0.1) is 11.3 Å². The molecular weight excluding hydrogens is 167 g/mol. The molecule has 7 heteroatoms. The topological polar surface area (TPSA) is 86.4 Å². The Balaban J connectivity index is 2.67. The molecule has 56 valence electrons. The molecule has 11 heavy (non-hydrogen) atoms. The molecule has 2 N–H and O–H groups in total. The number of hydrogen-bond donors (Lipinski definition) is 2. The number of nitrogens with zero attached hydrogens (tertiary/aromatic N) is 2. The summed E-state index contributed by atoms with van der Waals surface area (Å²) in [6, 6.07) is 1.78. The molecule has 0 saturated carbocycles. The van der Waals surface area contributed by atoms with Crippen molar-refractivity contribution >= 4 is 18.7 Å². The third kappa shape index (κ3) is 2.20. The highest BCUT2D eigenvalue weighted by molar-refractivity contribution is 7.10. The van der Waals surface area contributed by atoms with Gasteiger partial charge >= 0.3 is 7.32 Å². The Morgan fingerprint density at radius 1 is 1.73 bits per heavy atom. The summed E-state index contributed by atoms with van der Waals surface area (Å²) in [7, 11) is -1.89. The normalized spacial score (nSPS) is 8.82. The van der Waals surface area contributed by atoms with Gasteiger partial charge in [0.15, 0.2) is 5.01 Å². The lowest BCUT2D eigenvalue weighted by atomic mass is 10.3. The molecule has 1 aromatic heterocycles. The summed E-state index contributed by atoms with van der Waals surface area (Å²) >= 11 is 1.07. The molecule has 0 unspecified atom stereocenters. The minimum absolute atomic E-state index is 0.0431. The van der Waals surface area contributed by atoms with Gasteiger partial charge in [-0.05, 0) is 0 Å². The number of hydrogen-bond acceptors (Lipinski definition) is 6. The van der Waals surface area contributed by atoms with Crippen LogP contribution in [0.15, 0.2) is 5.38 Å². The predicted molar refractivity (Wildman–Crippen MR) is 37.6 cm³/mol. The van der Waals surface area contributed by atoms with Gasteiger partial charge in [0.05, 0.1) is 5.38 Å². The van der Waals surface area contributed by atoms with E-state index in [1.165, 1.54) is 5.38 Å². The second-order valence-corrected chi connectivity index (χ2v) is 2.40. The summed E-state index contributed by atoms with van der Waals surface area (Å²) in [5.74, 6) is 0.0431. The molecule has 0 aromatic carbocycles. The Bertz CT molecular complexity index is 281. The van der Waals surface area contributed by atoms with Crippen molar-refractivity contribution in [2.45, 2.75) is 0 Å². The van der Waals surface area contributed by atoms with Crippen molar-refractivity contribution in [2.24, 2.45) is 0 Å². The fourth-order valence-corrected chi connectivity index (χ4v) is 0.989. The van der Waals surface area contributed by atoms with Gasteiger partial charge in [0.1, 0.15) is 6.07 Å². The van der Waals surface area contributed by atoms with Crippen molar-refractivity contribution in [3.63, 3.8) is 0 Å². The zero-order valence-corrected chi connectivity index (χ0v) is 6.08. The molecule has 1 heterocycles. The van der Waals surface area contributed by atoms with Gasteiger partial charge in [-0.15, -0.1) is 11.3 Å². The maximum absolute atomic E-state index is 8.30. The first kappa shape index (κ1) is 8.01. The van der Waals surface area contributed by atoms with Crippen molar-refractivity contribution in [3.05, 3.63) is 10.4 Å². The SMILES string of the molecule is N#Cc1nc(OB(O)O)cs1. The summed E-state index contributed by atoms with van der Waals surface area (Å²) in [5.41, 5.74) is 0. The monoisotopic (exact) mass is 170 g/mol. The van der Waals surface area contributed by atoms with Crippen molar-refractivity contribution in [1.82, 2.24) is 4.98 Å². The average Bonchev–Trinajstić information content (AvgIpc) is 2.34. The standard InChI is InChI=1S/C4H3BN2O3S/c6-1-4-7-3(2-11-4)10-5(8)9/h2,8-9H. The van der Waals surface area contributed by atoms with E-state index in [2.05, 4.69) is 9.64 Å². The second kappa shape index (κ2) is 3.34. The van der Waals surface area contributed by atoms with Crippen LogP contribution in [0.3, 0.4) is 0 Å². The van der Waals surface area contributed by atoms with Gasteiger partial charge in [0, 0.05) is 0 Å². The van der Waals surface area contributed by atoms with Crippen LogP contribution in [0.4, 0.5) is 0 Å². The molecule has 0 aliphatic heterocycles. The van der Waals surface area contributed by atoms with Crippen LogP contribution < -0.4 is 4.65 Å². The molecule has 0 saturated heterocycles. The third-order valence-corrected chi connectivity index (χ3v) is 1.53. The third-order valence-electron chi connectivity index (χ3n) is 0.805. The van der Waals surface area contributed by atoms with Crippen molar-refractivity contribution in [3.8, 4) is 11.9 Å². The van der Waals surface area contributed by atoms with Crippen LogP contribution >= 0.6 is 11.3 Å². The molecule has 0 amide bonds. The Hall–Kier alpha value is -1.10. The van der Waals surface area contributed by atoms with Crippen molar-refractivity contribution in [1.29, 1.82) is 5.26 Å². The summed E-state index contributed by atoms with van der Waals surface area (Å²) in [5, 5.41) is 26.5. The average molecular weight is 170 g/mol. The van der Waals surface area contributed by atoms with E-state index in [-0.39, 0.29) is 10.9 Å². The van der Waals surface area contributed by atoms with Gasteiger partial charge in [-0.3, -0.25) is 0 Å². The predicted octanol–water partition coefficient (Wildman–Crippen LogP) is -0.637. The molecule has 0 bridgehead atoms. The maximum Gasteiger partial charge on any atom is 0.708 e. The molecule has 5 nitrogen and oxygen atoms in total. The van der Waals surface area contributed by atoms with Crippen LogP contribution in [-0.2, 0) is 0 Å². The van der Waals surface area contributed by atoms with E-state index in [1.54, 1.807) is 6.07 Å². The lowest BCUT2D eigenvalue weighted by molar-refractivity contribution is 0.284. The zero-order chi connectivity index (χ0) is 8.27. The number of rotatable bonds is 2. The van der Waals surface area contributed by atoms with Gasteiger partial charge in [0.2, 0.25) is 5.88 Å². The van der Waals surface area contributed by atoms with Crippen LogP contribution in [0.25, 0.3) is 0 Å². The summed E-state index contributed by atoms with van der Waals surface area (Å²) < 4.78 is 4.36. The highest BCUT2D eigenvalue weighted by Crippen LogP contribution is 2.14. The minimum atomic E-state index is -1.89. The Morgan fingerprint density at radius 2 is 2.45 bits per heavy atom. The van der Waals surface area contributed by atoms with E-state index < -0.39 is 7.32 Å². The smallest absolute Gasteiger partial charge is 0.497 e. The number of nitriles is 1. The van der Waals surface area contributed by atoms with Crippen LogP contribution in [0.1, 0.15) is 5.01 Å². The molecule has 0 spiro atoms. The van der Waals surface area contributed by atoms with Crippen molar-refractivity contribution < 1.29 is 14.7 Å². The van der Waals surface area contributed by atoms with Crippen LogP contribution in [0.5, 0.6) is 5.88 Å². The lowest BCUT2D eigenvalue weighted by Crippen LogP contribution is -2.20. The van der Waals surface area contributed by atoms with E-state index in [4.69, 9.17) is 15.3 Å². The molecule has 0 radical (unpaired) electrons. The molecule has 0 aliphatic rings. The molecule has 0 atom stereocenters. The lowest BCUT2D eigenvalue weighted by Gasteiger charge is -1.96. The first-order valence-corrected chi connectivity index (χ1v) is 3.49. The Labute approximate surface area is 66.7 Å². The largest absolute Gasteiger partial charge is 0.708 e. The second-order valence-electron chi connectivity index (χ2n) is 1.55. The maximum atomic E-state index is 8.30. The fraction of sp³-hybridized carbons (Fsp3) is 0. The summed E-state index contributed by atoms with van der Waals surface area (Å²) in [6.07, 6.45) is 0. The molecule has 1 aromatic rings.